The van der Waals surface area contributed by atoms with Crippen molar-refractivity contribution in [3.8, 4) is 11.5 Å². The summed E-state index contributed by atoms with van der Waals surface area (Å²) in [5.41, 5.74) is 6.77. The second-order valence-corrected chi connectivity index (χ2v) is 3.65. The molecule has 1 aromatic carbocycles. The molecule has 0 saturated heterocycles. The number of nitrogens with two attached hydrogens (primary N) is 1. The highest BCUT2D eigenvalue weighted by atomic mass is 16.5. The van der Waals surface area contributed by atoms with Gasteiger partial charge >= 0.3 is 0 Å². The number of aliphatic hydroxyl groups excluding tert-OH is 1. The lowest BCUT2D eigenvalue weighted by Gasteiger charge is -2.19. The second-order valence-electron chi connectivity index (χ2n) is 3.65. The summed E-state index contributed by atoms with van der Waals surface area (Å²) < 4.78 is 10.6. The molecular formula is C11H14N2O4. The van der Waals surface area contributed by atoms with Crippen LogP contribution in [0.1, 0.15) is 6.42 Å². The Morgan fingerprint density at radius 3 is 3.12 bits per heavy atom. The number of rotatable bonds is 4. The van der Waals surface area contributed by atoms with Gasteiger partial charge in [-0.3, -0.25) is 4.79 Å². The molecule has 2 rings (SSSR count). The molecule has 0 bridgehead atoms. The number of amides is 1. The van der Waals surface area contributed by atoms with Crippen molar-refractivity contribution in [2.75, 3.05) is 30.9 Å². The first-order chi connectivity index (χ1) is 8.20. The van der Waals surface area contributed by atoms with E-state index in [1.807, 2.05) is 0 Å². The minimum absolute atomic E-state index is 0.00282. The van der Waals surface area contributed by atoms with E-state index in [1.165, 1.54) is 0 Å². The Balaban J connectivity index is 2.17. The first-order valence-corrected chi connectivity index (χ1v) is 5.30. The average Bonchev–Trinajstić information content (AvgIpc) is 2.31. The van der Waals surface area contributed by atoms with E-state index in [0.29, 0.717) is 35.9 Å². The number of hydrogen-bond donors (Lipinski definition) is 3. The largest absolute Gasteiger partial charge is 0.491 e. The van der Waals surface area contributed by atoms with Gasteiger partial charge in [-0.25, -0.2) is 0 Å². The van der Waals surface area contributed by atoms with Gasteiger partial charge in [0.2, 0.25) is 0 Å². The van der Waals surface area contributed by atoms with Crippen LogP contribution in [0.25, 0.3) is 0 Å². The van der Waals surface area contributed by atoms with Gasteiger partial charge in [0.25, 0.3) is 5.91 Å². The van der Waals surface area contributed by atoms with Crippen LogP contribution in [0, 0.1) is 0 Å². The van der Waals surface area contributed by atoms with Gasteiger partial charge in [-0.2, -0.15) is 0 Å². The highest BCUT2D eigenvalue weighted by Crippen LogP contribution is 2.36. The standard InChI is InChI=1S/C11H14N2O4/c12-7-4-10-8(13-11(15)6-17-10)5-9(7)16-3-1-2-14/h4-5,14H,1-3,6,12H2,(H,13,15). The zero-order valence-corrected chi connectivity index (χ0v) is 9.23. The SMILES string of the molecule is Nc1cc2c(cc1OCCCO)NC(=O)CO2. The molecule has 0 spiro atoms. The Hall–Kier alpha value is -1.95. The van der Waals surface area contributed by atoms with Crippen LogP contribution >= 0.6 is 0 Å². The molecule has 6 heteroatoms. The van der Waals surface area contributed by atoms with Gasteiger partial charge in [0.15, 0.2) is 6.61 Å². The van der Waals surface area contributed by atoms with Crippen LogP contribution in [0.2, 0.25) is 0 Å². The molecular weight excluding hydrogens is 224 g/mol. The summed E-state index contributed by atoms with van der Waals surface area (Å²) in [6.07, 6.45) is 0.527. The number of carbonyl (C=O) groups excluding carboxylic acids is 1. The minimum atomic E-state index is -0.205. The van der Waals surface area contributed by atoms with Crippen molar-refractivity contribution in [1.82, 2.24) is 0 Å². The van der Waals surface area contributed by atoms with Crippen molar-refractivity contribution >= 4 is 17.3 Å². The van der Waals surface area contributed by atoms with E-state index in [-0.39, 0.29) is 19.1 Å². The normalized spacial score (nSPS) is 13.6. The molecule has 0 radical (unpaired) electrons. The number of nitrogens with one attached hydrogen (secondary N) is 1. The Kier molecular flexibility index (Phi) is 3.34. The number of anilines is 2. The average molecular weight is 238 g/mol. The molecule has 6 nitrogen and oxygen atoms in total. The van der Waals surface area contributed by atoms with Gasteiger partial charge in [0.05, 0.1) is 18.0 Å². The third-order valence-electron chi connectivity index (χ3n) is 2.30. The molecule has 17 heavy (non-hydrogen) atoms. The predicted molar refractivity (Wildman–Crippen MR) is 62.2 cm³/mol. The highest BCUT2D eigenvalue weighted by Gasteiger charge is 2.18. The van der Waals surface area contributed by atoms with Crippen molar-refractivity contribution in [1.29, 1.82) is 0 Å². The van der Waals surface area contributed by atoms with Crippen LogP contribution in [0.4, 0.5) is 11.4 Å². The predicted octanol–water partition coefficient (Wildman–Crippen LogP) is 0.361. The maximum Gasteiger partial charge on any atom is 0.262 e. The summed E-state index contributed by atoms with van der Waals surface area (Å²) in [6.45, 7) is 0.427. The Labute approximate surface area is 98.3 Å². The molecule has 0 atom stereocenters. The second kappa shape index (κ2) is 4.92. The summed E-state index contributed by atoms with van der Waals surface area (Å²) in [6, 6.07) is 3.24. The van der Waals surface area contributed by atoms with E-state index >= 15 is 0 Å². The van der Waals surface area contributed by atoms with Gasteiger partial charge < -0.3 is 25.6 Å². The van der Waals surface area contributed by atoms with Gasteiger partial charge in [0.1, 0.15) is 11.5 Å². The lowest BCUT2D eigenvalue weighted by molar-refractivity contribution is -0.118. The summed E-state index contributed by atoms with van der Waals surface area (Å²) in [7, 11) is 0. The quantitative estimate of drug-likeness (QED) is 0.520. The summed E-state index contributed by atoms with van der Waals surface area (Å²) >= 11 is 0. The van der Waals surface area contributed by atoms with E-state index < -0.39 is 0 Å². The summed E-state index contributed by atoms with van der Waals surface area (Å²) in [5, 5.41) is 11.3. The van der Waals surface area contributed by atoms with Crippen LogP contribution in [0.15, 0.2) is 12.1 Å². The Bertz CT molecular complexity index is 434. The van der Waals surface area contributed by atoms with Crippen LogP contribution in [-0.4, -0.2) is 30.8 Å². The zero-order valence-electron chi connectivity index (χ0n) is 9.23. The van der Waals surface area contributed by atoms with E-state index in [0.717, 1.165) is 0 Å². The molecule has 0 saturated carbocycles. The van der Waals surface area contributed by atoms with Crippen molar-refractivity contribution in [2.24, 2.45) is 0 Å². The Morgan fingerprint density at radius 1 is 1.53 bits per heavy atom. The van der Waals surface area contributed by atoms with Gasteiger partial charge in [0, 0.05) is 25.2 Å². The number of fused-ring (bicyclic) bond motifs is 1. The third-order valence-corrected chi connectivity index (χ3v) is 2.30. The van der Waals surface area contributed by atoms with Crippen LogP contribution in [0.3, 0.4) is 0 Å². The fourth-order valence-corrected chi connectivity index (χ4v) is 1.49. The van der Waals surface area contributed by atoms with Crippen LogP contribution < -0.4 is 20.5 Å². The van der Waals surface area contributed by atoms with Crippen LogP contribution in [0.5, 0.6) is 11.5 Å². The molecule has 1 aliphatic heterocycles. The van der Waals surface area contributed by atoms with E-state index in [9.17, 15) is 4.79 Å². The molecule has 1 amide bonds. The van der Waals surface area contributed by atoms with Crippen molar-refractivity contribution in [3.63, 3.8) is 0 Å². The Morgan fingerprint density at radius 2 is 2.35 bits per heavy atom. The van der Waals surface area contributed by atoms with Gasteiger partial charge in [-0.05, 0) is 0 Å². The number of aliphatic hydroxyl groups is 1. The van der Waals surface area contributed by atoms with Crippen molar-refractivity contribution < 1.29 is 19.4 Å². The molecule has 0 aliphatic carbocycles. The number of nitrogen functional groups attached to an aromatic ring is 1. The molecule has 92 valence electrons. The molecule has 1 heterocycles. The maximum atomic E-state index is 11.1. The minimum Gasteiger partial charge on any atom is -0.491 e. The molecule has 0 unspecified atom stereocenters. The highest BCUT2D eigenvalue weighted by molar-refractivity contribution is 5.96. The lowest BCUT2D eigenvalue weighted by Crippen LogP contribution is -2.25. The fourth-order valence-electron chi connectivity index (χ4n) is 1.49. The van der Waals surface area contributed by atoms with Crippen molar-refractivity contribution in [3.05, 3.63) is 12.1 Å². The maximum absolute atomic E-state index is 11.1. The topological polar surface area (TPSA) is 93.8 Å². The fraction of sp³-hybridized carbons (Fsp3) is 0.364. The van der Waals surface area contributed by atoms with E-state index in [4.69, 9.17) is 20.3 Å². The zero-order chi connectivity index (χ0) is 12.3. The van der Waals surface area contributed by atoms with Crippen molar-refractivity contribution in [2.45, 2.75) is 6.42 Å². The molecule has 1 aliphatic rings. The number of carbonyl (C=O) groups is 1. The van der Waals surface area contributed by atoms with E-state index in [1.54, 1.807) is 12.1 Å². The molecule has 0 aromatic heterocycles. The molecule has 1 aromatic rings. The number of ether oxygens (including phenoxy) is 2. The first-order valence-electron chi connectivity index (χ1n) is 5.30. The summed E-state index contributed by atoms with van der Waals surface area (Å²) in [5.74, 6) is 0.809. The lowest BCUT2D eigenvalue weighted by atomic mass is 10.2. The number of benzene rings is 1. The number of hydrogen-bond acceptors (Lipinski definition) is 5. The smallest absolute Gasteiger partial charge is 0.262 e. The monoisotopic (exact) mass is 238 g/mol. The van der Waals surface area contributed by atoms with Gasteiger partial charge in [-0.1, -0.05) is 0 Å². The van der Waals surface area contributed by atoms with E-state index in [2.05, 4.69) is 5.32 Å². The van der Waals surface area contributed by atoms with Gasteiger partial charge in [-0.15, -0.1) is 0 Å². The van der Waals surface area contributed by atoms with Crippen LogP contribution in [-0.2, 0) is 4.79 Å². The first kappa shape index (κ1) is 11.5. The molecule has 4 N–H and O–H groups in total. The summed E-state index contributed by atoms with van der Waals surface area (Å²) in [4.78, 5) is 11.1. The third kappa shape index (κ3) is 2.59. The molecule has 0 fully saturated rings.